The summed E-state index contributed by atoms with van der Waals surface area (Å²) in [7, 11) is 1.64. The van der Waals surface area contributed by atoms with Crippen molar-refractivity contribution < 1.29 is 43.7 Å². The molecule has 0 spiro atoms. The maximum Gasteiger partial charge on any atom is 0.352 e. The lowest BCUT2D eigenvalue weighted by molar-refractivity contribution is -0.765. The molecule has 3 aliphatic heterocycles. The number of carbonyl (C=O) groups is 5. The van der Waals surface area contributed by atoms with E-state index in [0.29, 0.717) is 30.8 Å². The van der Waals surface area contributed by atoms with E-state index in [-0.39, 0.29) is 46.8 Å². The van der Waals surface area contributed by atoms with E-state index in [1.165, 1.54) is 25.6 Å². The second-order valence-electron chi connectivity index (χ2n) is 11.4. The third kappa shape index (κ3) is 6.51. The van der Waals surface area contributed by atoms with Crippen LogP contribution in [0.1, 0.15) is 26.1 Å². The van der Waals surface area contributed by atoms with Crippen molar-refractivity contribution in [2.24, 2.45) is 17.9 Å². The molecule has 10 N–H and O–H groups in total. The molecular formula is C25H33N12O8S2+. The smallest absolute Gasteiger partial charge is 0.352 e. The molecule has 2 aromatic heterocycles. The van der Waals surface area contributed by atoms with Crippen LogP contribution in [0.4, 0.5) is 21.4 Å². The average molecular weight is 694 g/mol. The molecule has 3 aliphatic rings. The highest BCUT2D eigenvalue weighted by molar-refractivity contribution is 8.00. The van der Waals surface area contributed by atoms with Crippen LogP contribution in [0.25, 0.3) is 0 Å². The fourth-order valence-electron chi connectivity index (χ4n) is 4.95. The number of hydrogen-bond acceptors (Lipinski definition) is 14. The van der Waals surface area contributed by atoms with Crippen molar-refractivity contribution >= 4 is 75.4 Å². The number of hydrogen-bond donors (Lipinski definition) is 7. The monoisotopic (exact) mass is 693 g/mol. The molecular weight excluding hydrogens is 660 g/mol. The molecule has 252 valence electrons. The summed E-state index contributed by atoms with van der Waals surface area (Å²) in [6.07, 6.45) is 2.26. The Morgan fingerprint density at radius 3 is 2.57 bits per heavy atom. The minimum atomic E-state index is -1.82. The van der Waals surface area contributed by atoms with Gasteiger partial charge in [-0.15, -0.1) is 21.1 Å². The first-order valence-electron chi connectivity index (χ1n) is 14.1. The first-order chi connectivity index (χ1) is 22.1. The highest BCUT2D eigenvalue weighted by atomic mass is 32.2. The van der Waals surface area contributed by atoms with Gasteiger partial charge in [0.1, 0.15) is 17.1 Å². The summed E-state index contributed by atoms with van der Waals surface area (Å²) < 4.78 is 7.08. The quantitative estimate of drug-likeness (QED) is 0.0608. The summed E-state index contributed by atoms with van der Waals surface area (Å²) in [4.78, 5) is 74.9. The topological polar surface area (TPSA) is 291 Å². The van der Waals surface area contributed by atoms with E-state index in [1.54, 1.807) is 27.5 Å². The van der Waals surface area contributed by atoms with Gasteiger partial charge < -0.3 is 42.5 Å². The molecule has 0 aromatic carbocycles. The van der Waals surface area contributed by atoms with Gasteiger partial charge in [-0.05, 0) is 20.3 Å². The van der Waals surface area contributed by atoms with Crippen LogP contribution in [0.5, 0.6) is 0 Å². The zero-order chi connectivity index (χ0) is 34.4. The first kappa shape index (κ1) is 33.4. The Bertz CT molecular complexity index is 1720. The van der Waals surface area contributed by atoms with Gasteiger partial charge in [0.15, 0.2) is 23.2 Å². The molecule has 5 rings (SSSR count). The summed E-state index contributed by atoms with van der Waals surface area (Å²) in [5.41, 5.74) is 15.9. The zero-order valence-electron chi connectivity index (χ0n) is 25.4. The fraction of sp³-hybridized carbons (Fsp3) is 0.480. The molecule has 47 heavy (non-hydrogen) atoms. The first-order valence-corrected chi connectivity index (χ1v) is 15.9. The van der Waals surface area contributed by atoms with Crippen molar-refractivity contribution in [3.05, 3.63) is 23.3 Å². The van der Waals surface area contributed by atoms with Crippen LogP contribution < -0.4 is 32.5 Å². The Labute approximate surface area is 274 Å². The van der Waals surface area contributed by atoms with Gasteiger partial charge in [-0.3, -0.25) is 19.8 Å². The van der Waals surface area contributed by atoms with Crippen LogP contribution >= 0.6 is 23.3 Å². The summed E-state index contributed by atoms with van der Waals surface area (Å²) in [6.45, 7) is 3.38. The van der Waals surface area contributed by atoms with Gasteiger partial charge in [0.05, 0.1) is 7.05 Å². The minimum absolute atomic E-state index is 0.000769. The van der Waals surface area contributed by atoms with Crippen LogP contribution in [0, 0.1) is 0 Å². The predicted molar refractivity (Wildman–Crippen MR) is 167 cm³/mol. The maximum absolute atomic E-state index is 13.3. The third-order valence-electron chi connectivity index (χ3n) is 7.68. The maximum atomic E-state index is 13.3. The van der Waals surface area contributed by atoms with Crippen molar-refractivity contribution in [3.8, 4) is 0 Å². The van der Waals surface area contributed by atoms with E-state index >= 15 is 0 Å². The Morgan fingerprint density at radius 1 is 1.26 bits per heavy atom. The van der Waals surface area contributed by atoms with Crippen LogP contribution in [0.2, 0.25) is 0 Å². The Morgan fingerprint density at radius 2 is 1.98 bits per heavy atom. The summed E-state index contributed by atoms with van der Waals surface area (Å²) >= 11 is 1.98. The normalized spacial score (nSPS) is 21.3. The lowest BCUT2D eigenvalue weighted by atomic mass is 10.0. The standard InChI is InChI=1S/C25H32N12O8S2/c1-25(2,22(42)43)45-32-13(17-31-23(28)47-33-17)18(38)30-14-19(39)37-15(21(40)41)10(9-46-20(14)37)6-36-8-12(16(27)34(36)3)29-24(44)35-5-4-11(26)7-35/h8,11,14,20,27H,4-7,9,26H2,1-3H3,(H6,28,29,30,31,33,38,40,41,42,43,44)/p+1/b32-13-/t11-,14-,20-/m1/s1. The molecule has 5 heterocycles. The number of rotatable bonds is 10. The summed E-state index contributed by atoms with van der Waals surface area (Å²) in [5.74, 6) is -4.21. The number of likely N-dealkylation sites (tertiary alicyclic amines) is 1. The van der Waals surface area contributed by atoms with Gasteiger partial charge in [-0.2, -0.15) is 9.36 Å². The zero-order valence-corrected chi connectivity index (χ0v) is 27.0. The largest absolute Gasteiger partial charge is 0.478 e. The number of urea groups is 1. The average Bonchev–Trinajstić information content (AvgIpc) is 3.71. The second kappa shape index (κ2) is 12.7. The SMILES string of the molecule is Cn1c(N)c(NC(=O)N2CC[C@@H](N)C2)c[n+]1CC1=C(C(=O)O)N2C(=O)[C@@H](NC(=O)/C(=N\OC(C)(C)C(=O)O)c3nsc(N)n3)[C@H]2SC1. The van der Waals surface area contributed by atoms with Crippen LogP contribution in [-0.4, -0.2) is 111 Å². The molecule has 20 nitrogen and oxygen atoms in total. The number of carboxylic acid groups (broad SMARTS) is 2. The molecule has 2 fully saturated rings. The highest BCUT2D eigenvalue weighted by Crippen LogP contribution is 2.40. The number of carbonyl (C=O) groups excluding carboxylic acids is 3. The van der Waals surface area contributed by atoms with Crippen molar-refractivity contribution in [3.63, 3.8) is 0 Å². The number of nitrogens with two attached hydrogens (primary N) is 3. The van der Waals surface area contributed by atoms with Gasteiger partial charge in [-0.25, -0.2) is 14.4 Å². The van der Waals surface area contributed by atoms with Crippen LogP contribution in [0.15, 0.2) is 22.6 Å². The number of nitrogens with zero attached hydrogens (tertiary/aromatic N) is 7. The predicted octanol–water partition coefficient (Wildman–Crippen LogP) is -2.08. The van der Waals surface area contributed by atoms with Crippen molar-refractivity contribution in [1.29, 1.82) is 0 Å². The number of aliphatic carboxylic acids is 2. The van der Waals surface area contributed by atoms with Crippen molar-refractivity contribution in [1.82, 2.24) is 29.2 Å². The molecule has 0 saturated carbocycles. The molecule has 0 bridgehead atoms. The molecule has 4 amide bonds. The second-order valence-corrected chi connectivity index (χ2v) is 13.3. The van der Waals surface area contributed by atoms with E-state index in [9.17, 15) is 34.2 Å². The van der Waals surface area contributed by atoms with E-state index < -0.39 is 46.5 Å². The molecule has 2 saturated heterocycles. The number of anilines is 3. The van der Waals surface area contributed by atoms with Crippen molar-refractivity contribution in [2.75, 3.05) is 35.6 Å². The number of nitrogens with one attached hydrogen (secondary N) is 2. The fourth-order valence-corrected chi connectivity index (χ4v) is 6.72. The third-order valence-corrected chi connectivity index (χ3v) is 9.56. The van der Waals surface area contributed by atoms with Gasteiger partial charge in [0.25, 0.3) is 11.8 Å². The van der Waals surface area contributed by atoms with Crippen LogP contribution in [-0.2, 0) is 37.6 Å². The Balaban J connectivity index is 1.33. The molecule has 22 heteroatoms. The van der Waals surface area contributed by atoms with Crippen LogP contribution in [0.3, 0.4) is 0 Å². The Hall–Kier alpha value is -4.96. The van der Waals surface area contributed by atoms with E-state index in [4.69, 9.17) is 22.0 Å². The van der Waals surface area contributed by atoms with Gasteiger partial charge >= 0.3 is 18.0 Å². The number of aromatic nitrogens is 4. The number of amides is 4. The number of fused-ring (bicyclic) bond motifs is 1. The van der Waals surface area contributed by atoms with Gasteiger partial charge in [-0.1, -0.05) is 5.16 Å². The van der Waals surface area contributed by atoms with E-state index in [0.717, 1.165) is 16.4 Å². The number of thioether (sulfide) groups is 1. The molecule has 0 aliphatic carbocycles. The lowest BCUT2D eigenvalue weighted by Gasteiger charge is -2.49. The number of oxime groups is 1. The number of β-lactam (4-membered cyclic amide) rings is 1. The lowest BCUT2D eigenvalue weighted by Crippen LogP contribution is -2.71. The molecule has 3 atom stereocenters. The number of carboxylic acids is 2. The van der Waals surface area contributed by atoms with E-state index in [1.807, 2.05) is 0 Å². The van der Waals surface area contributed by atoms with Crippen molar-refractivity contribution in [2.45, 2.75) is 49.9 Å². The summed E-state index contributed by atoms with van der Waals surface area (Å²) in [5, 5.41) is 27.6. The molecule has 0 radical (unpaired) electrons. The van der Waals surface area contributed by atoms with E-state index in [2.05, 4.69) is 25.1 Å². The molecule has 0 unspecified atom stereocenters. The Kier molecular flexibility index (Phi) is 9.01. The highest BCUT2D eigenvalue weighted by Gasteiger charge is 2.55. The minimum Gasteiger partial charge on any atom is -0.478 e. The summed E-state index contributed by atoms with van der Waals surface area (Å²) in [6, 6.07) is -1.61. The number of nitrogen functional groups attached to an aromatic ring is 2. The van der Waals surface area contributed by atoms with Gasteiger partial charge in [0.2, 0.25) is 23.3 Å². The van der Waals surface area contributed by atoms with Gasteiger partial charge in [0, 0.05) is 42.0 Å². The molecule has 2 aromatic rings.